The number of ether oxygens (including phenoxy) is 3. The molecule has 1 aromatic carbocycles. The largest absolute Gasteiger partial charge is 0.493 e. The number of nitrogens with zero attached hydrogens (tertiary/aromatic N) is 3. The number of likely N-dealkylation sites (tertiary alicyclic amines) is 1. The van der Waals surface area contributed by atoms with Gasteiger partial charge in [-0.1, -0.05) is 17.8 Å². The number of hydrogen-bond acceptors (Lipinski definition) is 8. The van der Waals surface area contributed by atoms with E-state index in [1.165, 1.54) is 67.9 Å². The highest BCUT2D eigenvalue weighted by Gasteiger charge is 2.80. The Labute approximate surface area is 215 Å². The third kappa shape index (κ3) is 2.60. The highest BCUT2D eigenvalue weighted by Crippen LogP contribution is 2.77. The number of thioether (sulfide) groups is 1. The van der Waals surface area contributed by atoms with E-state index in [2.05, 4.69) is 26.4 Å². The van der Waals surface area contributed by atoms with E-state index in [1.54, 1.807) is 13.4 Å². The van der Waals surface area contributed by atoms with E-state index in [4.69, 9.17) is 14.2 Å². The molecule has 0 amide bonds. The summed E-state index contributed by atoms with van der Waals surface area (Å²) in [6.45, 7) is 2.47. The first-order valence-electron chi connectivity index (χ1n) is 13.2. The van der Waals surface area contributed by atoms with E-state index in [0.29, 0.717) is 12.0 Å². The minimum atomic E-state index is -0.276. The Hall–Kier alpha value is -1.35. The fraction of sp³-hybridized carbons (Fsp3) is 0.704. The van der Waals surface area contributed by atoms with Crippen LogP contribution >= 0.6 is 23.3 Å². The molecule has 5 fully saturated rings. The van der Waals surface area contributed by atoms with Crippen LogP contribution in [-0.2, 0) is 16.6 Å². The van der Waals surface area contributed by atoms with Gasteiger partial charge in [-0.25, -0.2) is 4.98 Å². The van der Waals surface area contributed by atoms with Crippen molar-refractivity contribution in [3.8, 4) is 11.5 Å². The first kappa shape index (κ1) is 21.7. The standard InChI is InChI=1S/C27H33N3O3S2/c1-31-19-6-5-17-11-20-25-7-8-27(32-2,18(12-25)14-34-24-28-15-29-35-24)23-26(25,21(17)22(19)33-23)9-10-30(20)13-16-3-4-16/h5-6,15-16,18,20,23H,3-4,7-14H2,1-2H3/t18-,20-,23-,25?,26?,27?/m1/s1. The maximum atomic E-state index is 7.12. The van der Waals surface area contributed by atoms with Crippen LogP contribution in [0.2, 0.25) is 0 Å². The molecule has 4 saturated carbocycles. The van der Waals surface area contributed by atoms with E-state index in [1.807, 2.05) is 18.9 Å². The lowest BCUT2D eigenvalue weighted by Crippen LogP contribution is -2.81. The second-order valence-electron chi connectivity index (χ2n) is 11.7. The van der Waals surface area contributed by atoms with E-state index in [9.17, 15) is 0 Å². The summed E-state index contributed by atoms with van der Waals surface area (Å²) in [7, 11) is 3.72. The number of rotatable bonds is 7. The zero-order valence-corrected chi connectivity index (χ0v) is 22.1. The number of benzene rings is 1. The summed E-state index contributed by atoms with van der Waals surface area (Å²) >= 11 is 3.36. The Bertz CT molecular complexity index is 1170. The molecule has 5 aliphatic carbocycles. The van der Waals surface area contributed by atoms with Crippen molar-refractivity contribution in [2.75, 3.05) is 33.1 Å². The van der Waals surface area contributed by atoms with Crippen LogP contribution in [-0.4, -0.2) is 65.1 Å². The minimum Gasteiger partial charge on any atom is -0.493 e. The molecule has 6 atom stereocenters. The summed E-state index contributed by atoms with van der Waals surface area (Å²) in [5.41, 5.74) is 2.98. The van der Waals surface area contributed by atoms with Crippen LogP contribution in [0.5, 0.6) is 11.5 Å². The van der Waals surface area contributed by atoms with Crippen molar-refractivity contribution in [3.63, 3.8) is 0 Å². The molecule has 2 aliphatic heterocycles. The molecule has 35 heavy (non-hydrogen) atoms. The zero-order valence-electron chi connectivity index (χ0n) is 20.5. The monoisotopic (exact) mass is 511 g/mol. The number of hydrogen-bond donors (Lipinski definition) is 0. The van der Waals surface area contributed by atoms with Gasteiger partial charge in [-0.05, 0) is 80.6 Å². The van der Waals surface area contributed by atoms with Crippen LogP contribution in [0.4, 0.5) is 0 Å². The maximum absolute atomic E-state index is 7.12. The summed E-state index contributed by atoms with van der Waals surface area (Å²) in [6.07, 6.45) is 10.4. The molecule has 1 saturated heterocycles. The van der Waals surface area contributed by atoms with Gasteiger partial charge in [0.2, 0.25) is 0 Å². The van der Waals surface area contributed by atoms with E-state index < -0.39 is 0 Å². The fourth-order valence-electron chi connectivity index (χ4n) is 9.29. The summed E-state index contributed by atoms with van der Waals surface area (Å²) in [4.78, 5) is 7.37. The first-order chi connectivity index (χ1) is 17.1. The molecule has 2 aromatic rings. The second kappa shape index (κ2) is 7.36. The van der Waals surface area contributed by atoms with Gasteiger partial charge in [-0.2, -0.15) is 4.37 Å². The van der Waals surface area contributed by atoms with E-state index in [0.717, 1.165) is 40.4 Å². The van der Waals surface area contributed by atoms with E-state index in [-0.39, 0.29) is 22.5 Å². The molecule has 186 valence electrons. The van der Waals surface area contributed by atoms with Gasteiger partial charge >= 0.3 is 0 Å². The molecule has 7 aliphatic rings. The van der Waals surface area contributed by atoms with Gasteiger partial charge in [0.05, 0.1) is 7.11 Å². The fourth-order valence-corrected chi connectivity index (χ4v) is 11.0. The third-order valence-electron chi connectivity index (χ3n) is 10.8. The summed E-state index contributed by atoms with van der Waals surface area (Å²) < 4.78 is 24.9. The van der Waals surface area contributed by atoms with Gasteiger partial charge in [-0.3, -0.25) is 4.90 Å². The SMILES string of the molecule is COc1ccc2c3c1O[C@H]1C4(OC)CCC5(C[C@@H]4CSc4ncns4)[C@@H](C2)N(CC2CC2)CCC315. The van der Waals surface area contributed by atoms with Crippen LogP contribution in [0.3, 0.4) is 0 Å². The van der Waals surface area contributed by atoms with Crippen molar-refractivity contribution in [2.24, 2.45) is 17.3 Å². The Morgan fingerprint density at radius 2 is 2.14 bits per heavy atom. The van der Waals surface area contributed by atoms with Crippen molar-refractivity contribution in [1.82, 2.24) is 14.3 Å². The molecule has 3 unspecified atom stereocenters. The minimum absolute atomic E-state index is 0.0351. The zero-order chi connectivity index (χ0) is 23.4. The van der Waals surface area contributed by atoms with E-state index >= 15 is 0 Å². The topological polar surface area (TPSA) is 56.7 Å². The second-order valence-corrected chi connectivity index (χ2v) is 13.8. The third-order valence-corrected chi connectivity index (χ3v) is 12.7. The van der Waals surface area contributed by atoms with Crippen molar-refractivity contribution in [3.05, 3.63) is 29.6 Å². The average molecular weight is 512 g/mol. The summed E-state index contributed by atoms with van der Waals surface area (Å²) in [6, 6.07) is 5.08. The molecule has 0 N–H and O–H groups in total. The van der Waals surface area contributed by atoms with Gasteiger partial charge < -0.3 is 14.2 Å². The van der Waals surface area contributed by atoms with Crippen molar-refractivity contribution < 1.29 is 14.2 Å². The first-order valence-corrected chi connectivity index (χ1v) is 15.0. The summed E-state index contributed by atoms with van der Waals surface area (Å²) in [5.74, 6) is 4.27. The predicted octanol–water partition coefficient (Wildman–Crippen LogP) is 4.56. The van der Waals surface area contributed by atoms with Gasteiger partial charge in [0.15, 0.2) is 15.8 Å². The van der Waals surface area contributed by atoms with Crippen molar-refractivity contribution in [1.29, 1.82) is 0 Å². The van der Waals surface area contributed by atoms with Crippen LogP contribution in [0.1, 0.15) is 49.7 Å². The molecule has 0 radical (unpaired) electrons. The maximum Gasteiger partial charge on any atom is 0.169 e. The normalized spacial score (nSPS) is 40.5. The lowest BCUT2D eigenvalue weighted by atomic mass is 9.35. The number of aromatic nitrogens is 2. The Morgan fingerprint density at radius 1 is 1.23 bits per heavy atom. The van der Waals surface area contributed by atoms with Crippen molar-refractivity contribution >= 4 is 23.3 Å². The summed E-state index contributed by atoms with van der Waals surface area (Å²) in [5, 5.41) is 0. The highest BCUT2D eigenvalue weighted by molar-refractivity contribution is 8.00. The van der Waals surface area contributed by atoms with Crippen LogP contribution in [0.25, 0.3) is 0 Å². The Balaban J connectivity index is 1.29. The molecular weight excluding hydrogens is 478 g/mol. The van der Waals surface area contributed by atoms with Crippen LogP contribution in [0.15, 0.2) is 22.8 Å². The lowest BCUT2D eigenvalue weighted by molar-refractivity contribution is -0.273. The number of piperidine rings is 1. The average Bonchev–Trinajstić information content (AvgIpc) is 3.39. The van der Waals surface area contributed by atoms with Gasteiger partial charge in [-0.15, -0.1) is 0 Å². The van der Waals surface area contributed by atoms with Gasteiger partial charge in [0.1, 0.15) is 18.0 Å². The molecule has 2 spiro atoms. The van der Waals surface area contributed by atoms with Crippen LogP contribution < -0.4 is 9.47 Å². The molecule has 3 heterocycles. The molecule has 9 rings (SSSR count). The number of methoxy groups -OCH3 is 2. The smallest absolute Gasteiger partial charge is 0.169 e. The van der Waals surface area contributed by atoms with Gasteiger partial charge in [0.25, 0.3) is 0 Å². The highest BCUT2D eigenvalue weighted by atomic mass is 32.2. The van der Waals surface area contributed by atoms with Crippen molar-refractivity contribution in [2.45, 2.75) is 72.4 Å². The Morgan fingerprint density at radius 3 is 2.91 bits per heavy atom. The lowest BCUT2D eigenvalue weighted by Gasteiger charge is -2.74. The predicted molar refractivity (Wildman–Crippen MR) is 136 cm³/mol. The molecule has 6 nitrogen and oxygen atoms in total. The molecular formula is C27H33N3O3S2. The molecule has 4 bridgehead atoms. The molecule has 1 aromatic heterocycles. The Kier molecular flexibility index (Phi) is 4.57. The quantitative estimate of drug-likeness (QED) is 0.505. The number of fused-ring (bicyclic) bond motifs is 2. The van der Waals surface area contributed by atoms with Crippen LogP contribution in [0, 0.1) is 17.3 Å². The van der Waals surface area contributed by atoms with Gasteiger partial charge in [0, 0.05) is 47.8 Å². The molecule has 8 heteroatoms.